The highest BCUT2D eigenvalue weighted by atomic mass is 16.4. The van der Waals surface area contributed by atoms with Gasteiger partial charge in [0.25, 0.3) is 0 Å². The summed E-state index contributed by atoms with van der Waals surface area (Å²) >= 11 is 0. The highest BCUT2D eigenvalue weighted by molar-refractivity contribution is 5.83. The molecule has 4 heteroatoms. The van der Waals surface area contributed by atoms with Gasteiger partial charge in [-0.3, -0.25) is 9.59 Å². The molecule has 1 aliphatic carbocycles. The van der Waals surface area contributed by atoms with Crippen LogP contribution in [0.15, 0.2) is 0 Å². The molecule has 1 fully saturated rings. The normalized spacial score (nSPS) is 21.8. The molecule has 1 rings (SSSR count). The van der Waals surface area contributed by atoms with E-state index in [4.69, 9.17) is 5.11 Å². The molecule has 1 saturated carbocycles. The Hall–Kier alpha value is -1.06. The highest BCUT2D eigenvalue weighted by Crippen LogP contribution is 2.39. The molecule has 17 heavy (non-hydrogen) atoms. The first kappa shape index (κ1) is 14.0. The van der Waals surface area contributed by atoms with Gasteiger partial charge in [0.1, 0.15) is 6.04 Å². The fraction of sp³-hybridized carbons (Fsp3) is 0.846. The molecule has 0 radical (unpaired) electrons. The summed E-state index contributed by atoms with van der Waals surface area (Å²) in [7, 11) is 0. The van der Waals surface area contributed by atoms with Gasteiger partial charge in [-0.15, -0.1) is 0 Å². The lowest BCUT2D eigenvalue weighted by atomic mass is 9.72. The van der Waals surface area contributed by atoms with Gasteiger partial charge in [0.05, 0.1) is 0 Å². The van der Waals surface area contributed by atoms with Crippen LogP contribution in [0.2, 0.25) is 0 Å². The maximum absolute atomic E-state index is 11.6. The lowest BCUT2D eigenvalue weighted by Gasteiger charge is -2.34. The smallest absolute Gasteiger partial charge is 0.325 e. The van der Waals surface area contributed by atoms with Crippen molar-refractivity contribution in [3.05, 3.63) is 0 Å². The van der Waals surface area contributed by atoms with Crippen LogP contribution in [0, 0.1) is 11.3 Å². The van der Waals surface area contributed by atoms with Gasteiger partial charge in [0.15, 0.2) is 0 Å². The molecule has 1 amide bonds. The van der Waals surface area contributed by atoms with Crippen LogP contribution >= 0.6 is 0 Å². The third-order valence-corrected chi connectivity index (χ3v) is 3.68. The molecule has 4 nitrogen and oxygen atoms in total. The van der Waals surface area contributed by atoms with Crippen molar-refractivity contribution >= 4 is 11.9 Å². The first-order valence-corrected chi connectivity index (χ1v) is 6.32. The maximum atomic E-state index is 11.6. The molecule has 0 aliphatic heterocycles. The highest BCUT2D eigenvalue weighted by Gasteiger charge is 2.28. The molecular formula is C13H23NO3. The van der Waals surface area contributed by atoms with E-state index in [9.17, 15) is 9.59 Å². The number of carbonyl (C=O) groups excluding carboxylic acids is 1. The van der Waals surface area contributed by atoms with Crippen LogP contribution in [0.25, 0.3) is 0 Å². The van der Waals surface area contributed by atoms with E-state index in [1.165, 1.54) is 6.92 Å². The molecule has 1 atom stereocenters. The zero-order valence-corrected chi connectivity index (χ0v) is 11.0. The van der Waals surface area contributed by atoms with Crippen molar-refractivity contribution in [2.45, 2.75) is 58.9 Å². The number of amides is 1. The van der Waals surface area contributed by atoms with Crippen molar-refractivity contribution in [2.75, 3.05) is 0 Å². The van der Waals surface area contributed by atoms with Crippen LogP contribution in [-0.4, -0.2) is 23.0 Å². The maximum Gasteiger partial charge on any atom is 0.325 e. The first-order valence-electron chi connectivity index (χ1n) is 6.32. The van der Waals surface area contributed by atoms with Gasteiger partial charge in [0.2, 0.25) is 5.91 Å². The molecule has 98 valence electrons. The number of hydrogen-bond acceptors (Lipinski definition) is 2. The van der Waals surface area contributed by atoms with Gasteiger partial charge in [-0.2, -0.15) is 0 Å². The molecule has 0 aromatic rings. The molecule has 0 heterocycles. The van der Waals surface area contributed by atoms with Crippen molar-refractivity contribution in [1.29, 1.82) is 0 Å². The number of carbonyl (C=O) groups is 2. The van der Waals surface area contributed by atoms with Crippen LogP contribution in [-0.2, 0) is 9.59 Å². The average molecular weight is 241 g/mol. The minimum atomic E-state index is -0.983. The van der Waals surface area contributed by atoms with E-state index in [2.05, 4.69) is 19.2 Å². The molecule has 0 unspecified atom stereocenters. The summed E-state index contributed by atoms with van der Waals surface area (Å²) in [5.41, 5.74) is 0.404. The number of aliphatic carboxylic acids is 1. The van der Waals surface area contributed by atoms with Crippen LogP contribution < -0.4 is 5.32 Å². The minimum Gasteiger partial charge on any atom is -0.480 e. The van der Waals surface area contributed by atoms with Crippen LogP contribution in [0.5, 0.6) is 0 Å². The summed E-state index contributed by atoms with van der Waals surface area (Å²) in [5.74, 6) is -0.697. The summed E-state index contributed by atoms with van der Waals surface area (Å²) < 4.78 is 0. The van der Waals surface area contributed by atoms with E-state index in [-0.39, 0.29) is 5.91 Å². The summed E-state index contributed by atoms with van der Waals surface area (Å²) in [4.78, 5) is 22.2. The molecular weight excluding hydrogens is 218 g/mol. The fourth-order valence-electron chi connectivity index (χ4n) is 2.29. The van der Waals surface area contributed by atoms with Gasteiger partial charge in [0, 0.05) is 6.42 Å². The van der Waals surface area contributed by atoms with Crippen molar-refractivity contribution in [3.8, 4) is 0 Å². The Morgan fingerprint density at radius 3 is 2.35 bits per heavy atom. The Bertz CT molecular complexity index is 289. The van der Waals surface area contributed by atoms with Gasteiger partial charge in [-0.1, -0.05) is 13.8 Å². The molecule has 0 aromatic heterocycles. The standard InChI is InChI=1S/C13H23NO3/c1-9(12(16)17)14-11(15)8-10-4-6-13(2,3)7-5-10/h9-10H,4-8H2,1-3H3,(H,14,15)(H,16,17)/t9-/m0/s1. The SMILES string of the molecule is C[C@H](NC(=O)CC1CCC(C)(C)CC1)C(=O)O. The van der Waals surface area contributed by atoms with E-state index in [1.54, 1.807) is 0 Å². The van der Waals surface area contributed by atoms with Crippen molar-refractivity contribution in [3.63, 3.8) is 0 Å². The molecule has 2 N–H and O–H groups in total. The monoisotopic (exact) mass is 241 g/mol. The zero-order valence-electron chi connectivity index (χ0n) is 11.0. The summed E-state index contributed by atoms with van der Waals surface area (Å²) in [6, 6.07) is -0.789. The lowest BCUT2D eigenvalue weighted by molar-refractivity contribution is -0.141. The molecule has 0 saturated heterocycles. The predicted molar refractivity (Wildman–Crippen MR) is 65.6 cm³/mol. The number of nitrogens with one attached hydrogen (secondary N) is 1. The topological polar surface area (TPSA) is 66.4 Å². The van der Waals surface area contributed by atoms with E-state index in [1.807, 2.05) is 0 Å². The van der Waals surface area contributed by atoms with Gasteiger partial charge >= 0.3 is 5.97 Å². The Morgan fingerprint density at radius 1 is 1.35 bits per heavy atom. The second-order valence-corrected chi connectivity index (χ2v) is 5.94. The minimum absolute atomic E-state index is 0.135. The quantitative estimate of drug-likeness (QED) is 0.792. The Morgan fingerprint density at radius 2 is 1.88 bits per heavy atom. The zero-order chi connectivity index (χ0) is 13.1. The molecule has 0 bridgehead atoms. The van der Waals surface area contributed by atoms with Crippen LogP contribution in [0.3, 0.4) is 0 Å². The van der Waals surface area contributed by atoms with Crippen LogP contribution in [0.1, 0.15) is 52.9 Å². The third-order valence-electron chi connectivity index (χ3n) is 3.68. The van der Waals surface area contributed by atoms with Crippen molar-refractivity contribution in [1.82, 2.24) is 5.32 Å². The lowest BCUT2D eigenvalue weighted by Crippen LogP contribution is -2.39. The third kappa shape index (κ3) is 4.75. The van der Waals surface area contributed by atoms with E-state index < -0.39 is 12.0 Å². The predicted octanol–water partition coefficient (Wildman–Crippen LogP) is 2.18. The van der Waals surface area contributed by atoms with Crippen molar-refractivity contribution < 1.29 is 14.7 Å². The largest absolute Gasteiger partial charge is 0.480 e. The number of carboxylic acids is 1. The Labute approximate surface area is 103 Å². The van der Waals surface area contributed by atoms with Gasteiger partial charge in [-0.25, -0.2) is 0 Å². The second-order valence-electron chi connectivity index (χ2n) is 5.94. The molecule has 0 spiro atoms. The first-order chi connectivity index (χ1) is 7.80. The summed E-state index contributed by atoms with van der Waals surface area (Å²) in [6.45, 7) is 6.01. The number of carboxylic acid groups (broad SMARTS) is 1. The average Bonchev–Trinajstić information content (AvgIpc) is 2.21. The van der Waals surface area contributed by atoms with Gasteiger partial charge in [-0.05, 0) is 43.9 Å². The fourth-order valence-corrected chi connectivity index (χ4v) is 2.29. The number of rotatable bonds is 4. The molecule has 0 aromatic carbocycles. The van der Waals surface area contributed by atoms with E-state index in [0.29, 0.717) is 17.8 Å². The summed E-state index contributed by atoms with van der Waals surface area (Å²) in [5, 5.41) is 11.2. The Kier molecular flexibility index (Phi) is 4.54. The molecule has 1 aliphatic rings. The van der Waals surface area contributed by atoms with E-state index >= 15 is 0 Å². The Balaban J connectivity index is 2.31. The van der Waals surface area contributed by atoms with Gasteiger partial charge < -0.3 is 10.4 Å². The van der Waals surface area contributed by atoms with E-state index in [0.717, 1.165) is 25.7 Å². The summed E-state index contributed by atoms with van der Waals surface area (Å²) in [6.07, 6.45) is 4.91. The second kappa shape index (κ2) is 5.52. The van der Waals surface area contributed by atoms with Crippen molar-refractivity contribution in [2.24, 2.45) is 11.3 Å². The number of hydrogen-bond donors (Lipinski definition) is 2. The van der Waals surface area contributed by atoms with Crippen LogP contribution in [0.4, 0.5) is 0 Å².